The van der Waals surface area contributed by atoms with Crippen molar-refractivity contribution >= 4 is 0 Å². The van der Waals surface area contributed by atoms with E-state index in [4.69, 9.17) is 0 Å². The maximum Gasteiger partial charge on any atom is 0.0184 e. The van der Waals surface area contributed by atoms with Crippen LogP contribution in [0.1, 0.15) is 84.5 Å². The van der Waals surface area contributed by atoms with Crippen molar-refractivity contribution in [3.8, 4) is 0 Å². The zero-order chi connectivity index (χ0) is 17.1. The van der Waals surface area contributed by atoms with E-state index in [0.29, 0.717) is 11.0 Å². The van der Waals surface area contributed by atoms with E-state index >= 15 is 0 Å². The van der Waals surface area contributed by atoms with Crippen molar-refractivity contribution in [2.24, 2.45) is 29.1 Å². The molecule has 2 aliphatic heterocycles. The van der Waals surface area contributed by atoms with Gasteiger partial charge in [0.1, 0.15) is 0 Å². The average Bonchev–Trinajstić information content (AvgIpc) is 3.15. The Morgan fingerprint density at radius 1 is 0.840 bits per heavy atom. The Hall–Kier alpha value is -0.0800. The van der Waals surface area contributed by atoms with Crippen LogP contribution in [0.3, 0.4) is 0 Å². The Morgan fingerprint density at radius 3 is 2.52 bits per heavy atom. The molecule has 2 nitrogen and oxygen atoms in total. The molecule has 142 valence electrons. The van der Waals surface area contributed by atoms with Gasteiger partial charge in [-0.2, -0.15) is 0 Å². The highest BCUT2D eigenvalue weighted by atomic mass is 15.2. The molecule has 7 atom stereocenters. The van der Waals surface area contributed by atoms with Gasteiger partial charge in [0.25, 0.3) is 0 Å². The van der Waals surface area contributed by atoms with E-state index < -0.39 is 0 Å². The fourth-order valence-electron chi connectivity index (χ4n) is 8.44. The molecule has 5 aliphatic rings. The van der Waals surface area contributed by atoms with E-state index in [1.807, 2.05) is 0 Å². The summed E-state index contributed by atoms with van der Waals surface area (Å²) in [6.45, 7) is 9.35. The molecule has 2 heteroatoms. The Kier molecular flexibility index (Phi) is 4.25. The van der Waals surface area contributed by atoms with Gasteiger partial charge in [-0.05, 0) is 126 Å². The third-order valence-corrected chi connectivity index (χ3v) is 9.91. The molecule has 25 heavy (non-hydrogen) atoms. The Balaban J connectivity index is 1.34. The minimum absolute atomic E-state index is 0.468. The van der Waals surface area contributed by atoms with Crippen LogP contribution in [0.2, 0.25) is 0 Å². The number of nitrogens with one attached hydrogen (secondary N) is 1. The monoisotopic (exact) mass is 344 g/mol. The van der Waals surface area contributed by atoms with Gasteiger partial charge in [0.2, 0.25) is 0 Å². The third kappa shape index (κ3) is 2.64. The molecule has 2 saturated heterocycles. The van der Waals surface area contributed by atoms with Gasteiger partial charge in [-0.15, -0.1) is 0 Å². The van der Waals surface area contributed by atoms with Crippen molar-refractivity contribution in [3.05, 3.63) is 0 Å². The first kappa shape index (κ1) is 17.0. The van der Waals surface area contributed by atoms with Crippen LogP contribution < -0.4 is 5.32 Å². The van der Waals surface area contributed by atoms with Crippen LogP contribution in [0.4, 0.5) is 0 Å². The largest absolute Gasteiger partial charge is 0.311 e. The maximum atomic E-state index is 3.95. The first-order chi connectivity index (χ1) is 12.1. The van der Waals surface area contributed by atoms with E-state index in [0.717, 1.165) is 29.7 Å². The SMILES string of the molecule is C[C@@]12CC[C@H](N3CCCC3)C[C@@H]1CC[C@@H]1[C@@H]2CC[C@]2(C)NCCC[C@@H]12. The third-order valence-electron chi connectivity index (χ3n) is 9.91. The standard InChI is InChI=1S/C23H40N2/c1-22-11-9-18(25-14-3-4-15-25)16-17(22)7-8-19-20(22)10-12-23(2)21(19)6-5-13-24-23/h17-21,24H,3-16H2,1-2H3/t17-,18-,19+,20-,21-,22+,23-/m0/s1. The lowest BCUT2D eigenvalue weighted by Crippen LogP contribution is -2.62. The number of rotatable bonds is 1. The first-order valence-electron chi connectivity index (χ1n) is 11.6. The van der Waals surface area contributed by atoms with E-state index in [1.54, 1.807) is 6.42 Å². The van der Waals surface area contributed by atoms with Gasteiger partial charge in [0.15, 0.2) is 0 Å². The number of piperidine rings is 1. The van der Waals surface area contributed by atoms with Crippen molar-refractivity contribution in [1.29, 1.82) is 0 Å². The quantitative estimate of drug-likeness (QED) is 0.732. The molecule has 0 spiro atoms. The summed E-state index contributed by atoms with van der Waals surface area (Å²) in [7, 11) is 0. The highest BCUT2D eigenvalue weighted by Gasteiger charge is 2.57. The van der Waals surface area contributed by atoms with Crippen LogP contribution in [-0.4, -0.2) is 36.1 Å². The second-order valence-corrected chi connectivity index (χ2v) is 10.9. The van der Waals surface area contributed by atoms with E-state index in [-0.39, 0.29) is 0 Å². The fourth-order valence-corrected chi connectivity index (χ4v) is 8.44. The number of nitrogens with zero attached hydrogens (tertiary/aromatic N) is 1. The molecular weight excluding hydrogens is 304 g/mol. The predicted octanol–water partition coefficient (Wildman–Crippen LogP) is 4.84. The number of hydrogen-bond donors (Lipinski definition) is 1. The van der Waals surface area contributed by atoms with Crippen LogP contribution >= 0.6 is 0 Å². The average molecular weight is 345 g/mol. The molecule has 0 unspecified atom stereocenters. The van der Waals surface area contributed by atoms with Gasteiger partial charge in [-0.1, -0.05) is 6.92 Å². The van der Waals surface area contributed by atoms with Crippen LogP contribution in [-0.2, 0) is 0 Å². The highest BCUT2D eigenvalue weighted by molar-refractivity contribution is 5.09. The number of likely N-dealkylation sites (tertiary alicyclic amines) is 1. The van der Waals surface area contributed by atoms with Crippen molar-refractivity contribution in [1.82, 2.24) is 10.2 Å². The minimum Gasteiger partial charge on any atom is -0.311 e. The molecule has 0 bridgehead atoms. The van der Waals surface area contributed by atoms with E-state index in [9.17, 15) is 0 Å². The number of hydrogen-bond acceptors (Lipinski definition) is 2. The summed E-state index contributed by atoms with van der Waals surface area (Å²) in [5, 5.41) is 3.95. The molecule has 0 aromatic heterocycles. The van der Waals surface area contributed by atoms with Crippen molar-refractivity contribution in [2.75, 3.05) is 19.6 Å². The molecule has 0 amide bonds. The second kappa shape index (κ2) is 6.23. The van der Waals surface area contributed by atoms with Gasteiger partial charge < -0.3 is 10.2 Å². The van der Waals surface area contributed by atoms with Crippen molar-refractivity contribution < 1.29 is 0 Å². The minimum atomic E-state index is 0.468. The smallest absolute Gasteiger partial charge is 0.0184 e. The topological polar surface area (TPSA) is 15.3 Å². The van der Waals surface area contributed by atoms with Crippen LogP contribution in [0.5, 0.6) is 0 Å². The summed E-state index contributed by atoms with van der Waals surface area (Å²) < 4.78 is 0. The van der Waals surface area contributed by atoms with Gasteiger partial charge in [0, 0.05) is 11.6 Å². The summed E-state index contributed by atoms with van der Waals surface area (Å²) >= 11 is 0. The lowest BCUT2D eigenvalue weighted by Gasteiger charge is -2.63. The molecule has 1 N–H and O–H groups in total. The molecule has 5 fully saturated rings. The lowest BCUT2D eigenvalue weighted by atomic mass is 9.45. The highest BCUT2D eigenvalue weighted by Crippen LogP contribution is 2.62. The number of fused-ring (bicyclic) bond motifs is 5. The van der Waals surface area contributed by atoms with E-state index in [1.165, 1.54) is 83.8 Å². The summed E-state index contributed by atoms with van der Waals surface area (Å²) in [6, 6.07) is 0.933. The molecule has 5 rings (SSSR count). The zero-order valence-electron chi connectivity index (χ0n) is 16.7. The zero-order valence-corrected chi connectivity index (χ0v) is 16.7. The molecular formula is C23H40N2. The fraction of sp³-hybridized carbons (Fsp3) is 1.00. The Labute approximate surface area is 155 Å². The molecule has 2 heterocycles. The molecule has 0 radical (unpaired) electrons. The predicted molar refractivity (Wildman–Crippen MR) is 105 cm³/mol. The van der Waals surface area contributed by atoms with Crippen LogP contribution in [0.15, 0.2) is 0 Å². The Morgan fingerprint density at radius 2 is 1.68 bits per heavy atom. The first-order valence-corrected chi connectivity index (χ1v) is 11.6. The normalized spacial score (nSPS) is 53.8. The summed E-state index contributed by atoms with van der Waals surface area (Å²) in [4.78, 5) is 2.86. The summed E-state index contributed by atoms with van der Waals surface area (Å²) in [5.74, 6) is 4.04. The maximum absolute atomic E-state index is 3.95. The van der Waals surface area contributed by atoms with Gasteiger partial charge in [-0.25, -0.2) is 0 Å². The second-order valence-electron chi connectivity index (χ2n) is 10.9. The van der Waals surface area contributed by atoms with Crippen molar-refractivity contribution in [3.63, 3.8) is 0 Å². The molecule has 3 saturated carbocycles. The molecule has 3 aliphatic carbocycles. The lowest BCUT2D eigenvalue weighted by molar-refractivity contribution is -0.116. The Bertz CT molecular complexity index is 498. The van der Waals surface area contributed by atoms with Gasteiger partial charge in [0.05, 0.1) is 0 Å². The van der Waals surface area contributed by atoms with Gasteiger partial charge >= 0.3 is 0 Å². The molecule has 0 aromatic carbocycles. The molecule has 0 aromatic rings. The van der Waals surface area contributed by atoms with Gasteiger partial charge in [-0.3, -0.25) is 0 Å². The summed E-state index contributed by atoms with van der Waals surface area (Å²) in [6.07, 6.45) is 16.4. The van der Waals surface area contributed by atoms with Crippen LogP contribution in [0.25, 0.3) is 0 Å². The van der Waals surface area contributed by atoms with Crippen molar-refractivity contribution in [2.45, 2.75) is 96.1 Å². The van der Waals surface area contributed by atoms with Crippen LogP contribution in [0, 0.1) is 29.1 Å². The summed E-state index contributed by atoms with van der Waals surface area (Å²) in [5.41, 5.74) is 1.13. The van der Waals surface area contributed by atoms with E-state index in [2.05, 4.69) is 24.1 Å².